The maximum atomic E-state index is 13.5. The quantitative estimate of drug-likeness (QED) is 0.118. The highest BCUT2D eigenvalue weighted by Crippen LogP contribution is 2.41. The number of halogens is 6. The fraction of sp³-hybridized carbons (Fsp3) is 0.444. The molecule has 1 aliphatic rings. The normalized spacial score (nSPS) is 15.2. The Morgan fingerprint density at radius 2 is 1.77 bits per heavy atom. The van der Waals surface area contributed by atoms with E-state index >= 15 is 0 Å². The Kier molecular flexibility index (Phi) is 8.59. The van der Waals surface area contributed by atoms with Gasteiger partial charge in [-0.2, -0.15) is 13.2 Å². The Labute approximate surface area is 191 Å². The number of carbonyl (C=O) groups excluding carboxylic acids is 2. The van der Waals surface area contributed by atoms with E-state index in [-0.39, 0.29) is 30.8 Å². The average molecular weight is 519 g/mol. The largest absolute Gasteiger partial charge is 0.573 e. The van der Waals surface area contributed by atoms with Crippen LogP contribution in [0.25, 0.3) is 6.08 Å². The molecule has 1 aromatic carbocycles. The highest BCUT2D eigenvalue weighted by Gasteiger charge is 2.49. The van der Waals surface area contributed by atoms with Gasteiger partial charge in [-0.25, -0.2) is 9.59 Å². The summed E-state index contributed by atoms with van der Waals surface area (Å²) in [5, 5.41) is 8.87. The molecule has 0 saturated heterocycles. The summed E-state index contributed by atoms with van der Waals surface area (Å²) in [6.45, 7) is -0.781. The number of ether oxygens (including phenoxy) is 5. The molecule has 0 fully saturated rings. The van der Waals surface area contributed by atoms with Crippen LogP contribution in [0.4, 0.5) is 31.1 Å². The molecule has 0 saturated carbocycles. The van der Waals surface area contributed by atoms with Gasteiger partial charge in [-0.1, -0.05) is 0 Å². The Balaban J connectivity index is 2.08. The summed E-state index contributed by atoms with van der Waals surface area (Å²) >= 11 is 0. The number of carbonyl (C=O) groups is 2. The van der Waals surface area contributed by atoms with Crippen LogP contribution in [-0.4, -0.2) is 55.9 Å². The van der Waals surface area contributed by atoms with Gasteiger partial charge in [-0.3, -0.25) is 0 Å². The molecule has 17 heteroatoms. The third-order valence-corrected chi connectivity index (χ3v) is 3.94. The lowest BCUT2D eigenvalue weighted by molar-refractivity contribution is -0.757. The van der Waals surface area contributed by atoms with Gasteiger partial charge >= 0.3 is 24.7 Å². The van der Waals surface area contributed by atoms with Crippen molar-refractivity contribution in [1.82, 2.24) is 0 Å². The highest BCUT2D eigenvalue weighted by molar-refractivity contribution is 5.96. The second-order valence-corrected chi connectivity index (χ2v) is 6.55. The van der Waals surface area contributed by atoms with E-state index in [0.29, 0.717) is 12.1 Å². The fourth-order valence-corrected chi connectivity index (χ4v) is 2.67. The molecule has 0 amide bonds. The molecule has 0 spiro atoms. The molecule has 0 radical (unpaired) electrons. The number of alkyl halides is 6. The van der Waals surface area contributed by atoms with Crippen molar-refractivity contribution >= 4 is 18.2 Å². The van der Waals surface area contributed by atoms with Crippen LogP contribution in [-0.2, 0) is 23.8 Å². The monoisotopic (exact) mass is 519 g/mol. The third-order valence-electron chi connectivity index (χ3n) is 3.94. The SMILES string of the molecule is Cc1cc(OC(F)(F)F)cc2c1O[C@H](C(F)(F)F)C(C(=O)OCOC(=O)OCCCO[N+](=O)[O-])=C2. The number of rotatable bonds is 9. The predicted molar refractivity (Wildman–Crippen MR) is 97.3 cm³/mol. The minimum atomic E-state index is -5.12. The van der Waals surface area contributed by atoms with E-state index in [1.807, 2.05) is 0 Å². The molecule has 194 valence electrons. The zero-order chi connectivity index (χ0) is 26.4. The van der Waals surface area contributed by atoms with E-state index in [0.717, 1.165) is 6.07 Å². The molecular formula is C18H15F6NO10. The Morgan fingerprint density at radius 3 is 2.37 bits per heavy atom. The number of hydrogen-bond acceptors (Lipinski definition) is 10. The van der Waals surface area contributed by atoms with Crippen molar-refractivity contribution in [2.24, 2.45) is 0 Å². The van der Waals surface area contributed by atoms with Gasteiger partial charge in [0.1, 0.15) is 11.5 Å². The lowest BCUT2D eigenvalue weighted by atomic mass is 9.99. The second kappa shape index (κ2) is 11.0. The van der Waals surface area contributed by atoms with Crippen molar-refractivity contribution in [3.05, 3.63) is 38.9 Å². The van der Waals surface area contributed by atoms with E-state index in [9.17, 15) is 46.0 Å². The summed E-state index contributed by atoms with van der Waals surface area (Å²) in [7, 11) is 0. The lowest BCUT2D eigenvalue weighted by Crippen LogP contribution is -2.41. The predicted octanol–water partition coefficient (Wildman–Crippen LogP) is 3.85. The number of esters is 1. The molecule has 35 heavy (non-hydrogen) atoms. The lowest BCUT2D eigenvalue weighted by Gasteiger charge is -2.29. The molecule has 0 aromatic heterocycles. The van der Waals surface area contributed by atoms with E-state index in [1.165, 1.54) is 6.92 Å². The molecular weight excluding hydrogens is 504 g/mol. The van der Waals surface area contributed by atoms with Crippen LogP contribution < -0.4 is 9.47 Å². The molecule has 1 aromatic rings. The maximum Gasteiger partial charge on any atom is 0.573 e. The van der Waals surface area contributed by atoms with Crippen molar-refractivity contribution in [3.8, 4) is 11.5 Å². The molecule has 0 N–H and O–H groups in total. The molecule has 0 aliphatic carbocycles. The first-order valence-corrected chi connectivity index (χ1v) is 9.26. The number of aryl methyl sites for hydroxylation is 1. The van der Waals surface area contributed by atoms with Gasteiger partial charge in [0.25, 0.3) is 5.09 Å². The molecule has 2 rings (SSSR count). The Hall–Kier alpha value is -3.92. The Morgan fingerprint density at radius 1 is 1.09 bits per heavy atom. The molecule has 0 unspecified atom stereocenters. The summed E-state index contributed by atoms with van der Waals surface area (Å²) in [6.07, 6.45) is -13.9. The average Bonchev–Trinajstić information content (AvgIpc) is 2.70. The van der Waals surface area contributed by atoms with Crippen molar-refractivity contribution < 1.29 is 69.5 Å². The Bertz CT molecular complexity index is 991. The molecule has 1 aliphatic heterocycles. The fourth-order valence-electron chi connectivity index (χ4n) is 2.67. The van der Waals surface area contributed by atoms with Gasteiger partial charge in [-0.05, 0) is 30.7 Å². The minimum absolute atomic E-state index is 0.0910. The van der Waals surface area contributed by atoms with Gasteiger partial charge in [0.15, 0.2) is 0 Å². The van der Waals surface area contributed by atoms with Crippen LogP contribution in [0.3, 0.4) is 0 Å². The van der Waals surface area contributed by atoms with Crippen molar-refractivity contribution in [1.29, 1.82) is 0 Å². The van der Waals surface area contributed by atoms with Crippen molar-refractivity contribution in [2.75, 3.05) is 20.0 Å². The maximum absolute atomic E-state index is 13.5. The smallest absolute Gasteiger partial charge is 0.475 e. The first-order chi connectivity index (χ1) is 16.2. The first-order valence-electron chi connectivity index (χ1n) is 9.26. The number of nitrogens with zero attached hydrogens (tertiary/aromatic N) is 1. The van der Waals surface area contributed by atoms with E-state index in [2.05, 4.69) is 23.8 Å². The zero-order valence-corrected chi connectivity index (χ0v) is 17.4. The standard InChI is InChI=1S/C18H15F6NO10/c1-9-5-11(35-18(22,23)24)6-10-7-12(14(17(19,20)21)34-13(9)10)15(26)31-8-32-16(27)30-3-2-4-33-25(28)29/h5-7,14H,2-4,8H2,1H3/t14-/m0/s1. The molecule has 1 heterocycles. The third kappa shape index (κ3) is 8.42. The topological polar surface area (TPSA) is 133 Å². The van der Waals surface area contributed by atoms with Crippen LogP contribution in [0.15, 0.2) is 17.7 Å². The first kappa shape index (κ1) is 27.3. The molecule has 11 nitrogen and oxygen atoms in total. The molecule has 0 bridgehead atoms. The van der Waals surface area contributed by atoms with Crippen LogP contribution in [0.2, 0.25) is 0 Å². The number of fused-ring (bicyclic) bond motifs is 1. The zero-order valence-electron chi connectivity index (χ0n) is 17.4. The van der Waals surface area contributed by atoms with Crippen molar-refractivity contribution in [2.45, 2.75) is 32.0 Å². The summed E-state index contributed by atoms with van der Waals surface area (Å²) in [4.78, 5) is 37.4. The van der Waals surface area contributed by atoms with Crippen LogP contribution in [0.5, 0.6) is 11.5 Å². The molecule has 1 atom stereocenters. The van der Waals surface area contributed by atoms with E-state index in [4.69, 9.17) is 4.74 Å². The van der Waals surface area contributed by atoms with Crippen LogP contribution >= 0.6 is 0 Å². The second-order valence-electron chi connectivity index (χ2n) is 6.55. The summed E-state index contributed by atoms with van der Waals surface area (Å²) < 4.78 is 99.8. The van der Waals surface area contributed by atoms with Crippen LogP contribution in [0.1, 0.15) is 17.5 Å². The van der Waals surface area contributed by atoms with Gasteiger partial charge < -0.3 is 28.5 Å². The summed E-state index contributed by atoms with van der Waals surface area (Å²) in [5.41, 5.74) is -1.59. The highest BCUT2D eigenvalue weighted by atomic mass is 19.4. The van der Waals surface area contributed by atoms with E-state index < -0.39 is 59.7 Å². The summed E-state index contributed by atoms with van der Waals surface area (Å²) in [5.74, 6) is -2.84. The summed E-state index contributed by atoms with van der Waals surface area (Å²) in [6, 6.07) is 1.52. The van der Waals surface area contributed by atoms with Gasteiger partial charge in [-0.15, -0.1) is 23.3 Å². The van der Waals surface area contributed by atoms with E-state index in [1.54, 1.807) is 0 Å². The van der Waals surface area contributed by atoms with Crippen LogP contribution in [0, 0.1) is 17.0 Å². The number of hydrogen-bond donors (Lipinski definition) is 0. The van der Waals surface area contributed by atoms with Crippen molar-refractivity contribution in [3.63, 3.8) is 0 Å². The van der Waals surface area contributed by atoms with Gasteiger partial charge in [0, 0.05) is 12.0 Å². The van der Waals surface area contributed by atoms with Gasteiger partial charge in [0.05, 0.1) is 18.8 Å². The number of benzene rings is 1. The minimum Gasteiger partial charge on any atom is -0.475 e. The van der Waals surface area contributed by atoms with Gasteiger partial charge in [0.2, 0.25) is 12.9 Å².